The zero-order valence-electron chi connectivity index (χ0n) is 16.0. The smallest absolute Gasteiger partial charge is 0.285 e. The molecule has 0 unspecified atom stereocenters. The van der Waals surface area contributed by atoms with Gasteiger partial charge in [0.05, 0.1) is 28.3 Å². The highest BCUT2D eigenvalue weighted by Gasteiger charge is 2.20. The molecule has 0 saturated heterocycles. The number of carbonyl (C=O) groups is 1. The lowest BCUT2D eigenvalue weighted by Crippen LogP contribution is -2.36. The van der Waals surface area contributed by atoms with Crippen LogP contribution in [-0.2, 0) is 17.9 Å². The molecular weight excluding hydrogens is 414 g/mol. The summed E-state index contributed by atoms with van der Waals surface area (Å²) in [5.41, 5.74) is -0.204. The Morgan fingerprint density at radius 2 is 2.03 bits per heavy atom. The van der Waals surface area contributed by atoms with E-state index in [-0.39, 0.29) is 30.6 Å². The number of nitrogens with zero attached hydrogens (tertiary/aromatic N) is 5. The third-order valence-corrected chi connectivity index (χ3v) is 4.56. The lowest BCUT2D eigenvalue weighted by Gasteiger charge is -2.20. The van der Waals surface area contributed by atoms with Gasteiger partial charge in [-0.2, -0.15) is 0 Å². The Bertz CT molecular complexity index is 1130. The zero-order chi connectivity index (χ0) is 21.7. The maximum Gasteiger partial charge on any atom is 0.285 e. The van der Waals surface area contributed by atoms with E-state index in [0.29, 0.717) is 23.6 Å². The van der Waals surface area contributed by atoms with Crippen molar-refractivity contribution in [1.29, 1.82) is 0 Å². The Labute approximate surface area is 175 Å². The van der Waals surface area contributed by atoms with E-state index < -0.39 is 16.4 Å². The molecule has 3 rings (SSSR count). The second-order valence-electron chi connectivity index (χ2n) is 6.41. The van der Waals surface area contributed by atoms with Crippen LogP contribution in [0.15, 0.2) is 51.8 Å². The van der Waals surface area contributed by atoms with Gasteiger partial charge in [-0.3, -0.25) is 24.3 Å². The first-order valence-electron chi connectivity index (χ1n) is 9.09. The molecule has 1 aromatic carbocycles. The maximum atomic E-state index is 12.8. The van der Waals surface area contributed by atoms with Crippen LogP contribution in [-0.4, -0.2) is 37.0 Å². The van der Waals surface area contributed by atoms with E-state index in [4.69, 9.17) is 16.0 Å². The van der Waals surface area contributed by atoms with Gasteiger partial charge >= 0.3 is 0 Å². The van der Waals surface area contributed by atoms with Crippen molar-refractivity contribution < 1.29 is 14.1 Å². The second-order valence-corrected chi connectivity index (χ2v) is 6.81. The van der Waals surface area contributed by atoms with Crippen molar-refractivity contribution in [2.24, 2.45) is 0 Å². The maximum absolute atomic E-state index is 12.8. The molecule has 0 fully saturated rings. The summed E-state index contributed by atoms with van der Waals surface area (Å²) in [5, 5.41) is 19.3. The largest absolute Gasteiger partial charge is 0.419 e. The van der Waals surface area contributed by atoms with Crippen LogP contribution in [0.1, 0.15) is 19.2 Å². The molecule has 0 atom stereocenters. The van der Waals surface area contributed by atoms with Crippen LogP contribution < -0.4 is 5.56 Å². The molecule has 10 nitrogen and oxygen atoms in total. The summed E-state index contributed by atoms with van der Waals surface area (Å²) in [6, 6.07) is 9.16. The van der Waals surface area contributed by atoms with Crippen molar-refractivity contribution in [3.8, 4) is 11.5 Å². The van der Waals surface area contributed by atoms with Gasteiger partial charge in [-0.25, -0.2) is 0 Å². The van der Waals surface area contributed by atoms with E-state index in [1.54, 1.807) is 24.3 Å². The van der Waals surface area contributed by atoms with Crippen molar-refractivity contribution in [2.75, 3.05) is 6.54 Å². The van der Waals surface area contributed by atoms with Crippen LogP contribution in [0.25, 0.3) is 11.5 Å². The van der Waals surface area contributed by atoms with Crippen molar-refractivity contribution in [3.63, 3.8) is 0 Å². The zero-order valence-corrected chi connectivity index (χ0v) is 16.8. The number of hydrogen-bond acceptors (Lipinski definition) is 7. The molecule has 0 N–H and O–H groups in total. The Morgan fingerprint density at radius 3 is 2.73 bits per heavy atom. The lowest BCUT2D eigenvalue weighted by molar-refractivity contribution is -0.385. The number of pyridine rings is 1. The van der Waals surface area contributed by atoms with Gasteiger partial charge < -0.3 is 9.32 Å². The molecule has 0 bridgehead atoms. The Kier molecular flexibility index (Phi) is 6.58. The topological polar surface area (TPSA) is 124 Å². The van der Waals surface area contributed by atoms with Crippen LogP contribution in [0.2, 0.25) is 5.02 Å². The van der Waals surface area contributed by atoms with Crippen molar-refractivity contribution in [2.45, 2.75) is 26.4 Å². The van der Waals surface area contributed by atoms with Gasteiger partial charge in [0.2, 0.25) is 17.7 Å². The number of halogens is 1. The van der Waals surface area contributed by atoms with Gasteiger partial charge in [0.15, 0.2) is 0 Å². The van der Waals surface area contributed by atoms with E-state index >= 15 is 0 Å². The minimum absolute atomic E-state index is 0.0355. The highest BCUT2D eigenvalue weighted by Crippen LogP contribution is 2.26. The van der Waals surface area contributed by atoms with E-state index in [1.165, 1.54) is 4.90 Å². The molecule has 156 valence electrons. The highest BCUT2D eigenvalue weighted by atomic mass is 35.5. The minimum atomic E-state index is -0.626. The van der Waals surface area contributed by atoms with Crippen LogP contribution in [0.4, 0.5) is 5.69 Å². The summed E-state index contributed by atoms with van der Waals surface area (Å²) in [4.78, 5) is 36.5. The third-order valence-electron chi connectivity index (χ3n) is 4.23. The molecule has 2 heterocycles. The summed E-state index contributed by atoms with van der Waals surface area (Å²) in [6.45, 7) is 1.97. The molecule has 0 spiro atoms. The molecule has 0 aliphatic heterocycles. The summed E-state index contributed by atoms with van der Waals surface area (Å²) in [6.07, 6.45) is 1.70. The minimum Gasteiger partial charge on any atom is -0.419 e. The van der Waals surface area contributed by atoms with E-state index in [9.17, 15) is 19.7 Å². The fourth-order valence-corrected chi connectivity index (χ4v) is 3.00. The number of rotatable bonds is 8. The van der Waals surface area contributed by atoms with Crippen LogP contribution in [0, 0.1) is 10.1 Å². The van der Waals surface area contributed by atoms with Gasteiger partial charge in [-0.1, -0.05) is 30.7 Å². The van der Waals surface area contributed by atoms with Gasteiger partial charge in [-0.15, -0.1) is 10.2 Å². The van der Waals surface area contributed by atoms with E-state index in [2.05, 4.69) is 10.2 Å². The summed E-state index contributed by atoms with van der Waals surface area (Å²) in [5.74, 6) is 0.0319. The van der Waals surface area contributed by atoms with E-state index in [0.717, 1.165) is 22.9 Å². The number of aromatic nitrogens is 3. The van der Waals surface area contributed by atoms with Crippen molar-refractivity contribution >= 4 is 23.2 Å². The molecule has 1 amide bonds. The number of amides is 1. The first-order valence-corrected chi connectivity index (χ1v) is 9.46. The monoisotopic (exact) mass is 431 g/mol. The average Bonchev–Trinajstić information content (AvgIpc) is 3.17. The Hall–Kier alpha value is -3.53. The number of benzene rings is 1. The summed E-state index contributed by atoms with van der Waals surface area (Å²) < 4.78 is 6.65. The first-order chi connectivity index (χ1) is 14.4. The predicted octanol–water partition coefficient (Wildman–Crippen LogP) is 2.90. The average molecular weight is 432 g/mol. The van der Waals surface area contributed by atoms with Crippen molar-refractivity contribution in [3.05, 3.63) is 74.0 Å². The van der Waals surface area contributed by atoms with Crippen LogP contribution in [0.3, 0.4) is 0 Å². The van der Waals surface area contributed by atoms with Crippen molar-refractivity contribution in [1.82, 2.24) is 19.7 Å². The van der Waals surface area contributed by atoms with Crippen LogP contribution in [0.5, 0.6) is 0 Å². The van der Waals surface area contributed by atoms with Gasteiger partial charge in [-0.05, 0) is 18.6 Å². The molecule has 11 heteroatoms. The van der Waals surface area contributed by atoms with Gasteiger partial charge in [0.25, 0.3) is 11.2 Å². The molecule has 3 aromatic rings. The second kappa shape index (κ2) is 9.31. The summed E-state index contributed by atoms with van der Waals surface area (Å²) in [7, 11) is 0. The summed E-state index contributed by atoms with van der Waals surface area (Å²) >= 11 is 6.14. The molecule has 0 aliphatic carbocycles. The molecule has 0 radical (unpaired) electrons. The van der Waals surface area contributed by atoms with E-state index in [1.807, 2.05) is 6.92 Å². The first kappa shape index (κ1) is 21.2. The van der Waals surface area contributed by atoms with Crippen LogP contribution >= 0.6 is 11.6 Å². The quantitative estimate of drug-likeness (QED) is 0.396. The number of hydrogen-bond donors (Lipinski definition) is 0. The lowest BCUT2D eigenvalue weighted by atomic mass is 10.2. The molecule has 2 aromatic heterocycles. The van der Waals surface area contributed by atoms with Gasteiger partial charge in [0.1, 0.15) is 6.54 Å². The molecule has 30 heavy (non-hydrogen) atoms. The number of carbonyl (C=O) groups excluding carboxylic acids is 1. The third kappa shape index (κ3) is 4.90. The molecular formula is C19H18ClN5O5. The Morgan fingerprint density at radius 1 is 1.27 bits per heavy atom. The van der Waals surface area contributed by atoms with Gasteiger partial charge in [0, 0.05) is 18.7 Å². The SMILES string of the molecule is CCCN(Cc1nnc(-c2ccccc2Cl)o1)C(=O)Cn1cc([N+](=O)[O-])ccc1=O. The standard InChI is InChI=1S/C19H18ClN5O5/c1-2-9-23(18(27)12-24-10-13(25(28)29)7-8-17(24)26)11-16-21-22-19(30-16)14-5-3-4-6-15(14)20/h3-8,10H,2,9,11-12H2,1H3. The predicted molar refractivity (Wildman–Crippen MR) is 108 cm³/mol. The molecule has 0 saturated carbocycles. The fraction of sp³-hybridized carbons (Fsp3) is 0.263. The number of nitro groups is 1. The normalized spacial score (nSPS) is 10.7. The highest BCUT2D eigenvalue weighted by molar-refractivity contribution is 6.33. The fourth-order valence-electron chi connectivity index (χ4n) is 2.78. The Balaban J connectivity index is 1.77. The molecule has 0 aliphatic rings.